The fourth-order valence-electron chi connectivity index (χ4n) is 3.47. The maximum atomic E-state index is 13.7. The molecule has 0 amide bonds. The molecule has 0 aromatic carbocycles. The highest BCUT2D eigenvalue weighted by Gasteiger charge is 2.48. The standard InChI is InChI=1S/C17H20FN3O2S.3C2HF3O2/c1-12-9-24-15(20-12)8-21-10-17(11-21)7-13(4-6-22-17)23-16-14(18)3-2-5-19-16;3*3-2(4,5)1(6)7/h2-3,5,9,13H,4,6-8,10-11H2,1H3;3*(H,6,7). The maximum absolute atomic E-state index is 13.7. The number of aryl methyl sites for hydroxylation is 1. The zero-order valence-electron chi connectivity index (χ0n) is 22.5. The average molecular weight is 691 g/mol. The largest absolute Gasteiger partial charge is 0.490 e. The molecule has 4 rings (SSSR count). The Morgan fingerprint density at radius 3 is 1.89 bits per heavy atom. The molecular formula is C23H23F10N3O8S. The molecule has 0 bridgehead atoms. The molecule has 2 saturated heterocycles. The van der Waals surface area contributed by atoms with E-state index in [0.29, 0.717) is 6.61 Å². The number of thiazole rings is 1. The van der Waals surface area contributed by atoms with Gasteiger partial charge in [-0.2, -0.15) is 39.5 Å². The number of nitrogens with zero attached hydrogens (tertiary/aromatic N) is 3. The Morgan fingerprint density at radius 1 is 1.00 bits per heavy atom. The summed E-state index contributed by atoms with van der Waals surface area (Å²) in [7, 11) is 0. The molecule has 3 N–H and O–H groups in total. The van der Waals surface area contributed by atoms with Gasteiger partial charge in [0.1, 0.15) is 11.1 Å². The second-order valence-electron chi connectivity index (χ2n) is 8.99. The Morgan fingerprint density at radius 2 is 1.49 bits per heavy atom. The summed E-state index contributed by atoms with van der Waals surface area (Å²) in [4.78, 5) is 37.5. The van der Waals surface area contributed by atoms with E-state index in [1.165, 1.54) is 6.07 Å². The third-order valence-corrected chi connectivity index (χ3v) is 6.18. The molecule has 45 heavy (non-hydrogen) atoms. The summed E-state index contributed by atoms with van der Waals surface area (Å²) in [5, 5.41) is 24.6. The number of carboxylic acids is 3. The Balaban J connectivity index is 0.000000396. The van der Waals surface area contributed by atoms with Crippen LogP contribution in [0.15, 0.2) is 23.7 Å². The number of carboxylic acid groups (broad SMARTS) is 3. The van der Waals surface area contributed by atoms with Gasteiger partial charge in [0.2, 0.25) is 0 Å². The van der Waals surface area contributed by atoms with Crippen LogP contribution >= 0.6 is 11.3 Å². The summed E-state index contributed by atoms with van der Waals surface area (Å²) in [5.41, 5.74) is 0.908. The highest BCUT2D eigenvalue weighted by molar-refractivity contribution is 7.09. The smallest absolute Gasteiger partial charge is 0.475 e. The zero-order chi connectivity index (χ0) is 34.8. The van der Waals surface area contributed by atoms with Gasteiger partial charge in [-0.25, -0.2) is 28.7 Å². The lowest BCUT2D eigenvalue weighted by Gasteiger charge is -2.52. The fourth-order valence-corrected chi connectivity index (χ4v) is 4.28. The Labute approximate surface area is 250 Å². The number of carbonyl (C=O) groups is 3. The predicted octanol–water partition coefficient (Wildman–Crippen LogP) is 4.70. The van der Waals surface area contributed by atoms with Crippen LogP contribution in [-0.4, -0.2) is 98.0 Å². The van der Waals surface area contributed by atoms with E-state index >= 15 is 0 Å². The Hall–Kier alpha value is -3.79. The maximum Gasteiger partial charge on any atom is 0.490 e. The normalized spacial score (nSPS) is 17.6. The molecule has 11 nitrogen and oxygen atoms in total. The topological polar surface area (TPSA) is 159 Å². The molecule has 1 spiro atoms. The summed E-state index contributed by atoms with van der Waals surface area (Å²) < 4.78 is 121. The van der Waals surface area contributed by atoms with E-state index in [1.54, 1.807) is 23.6 Å². The minimum atomic E-state index is -5.08. The number of aliphatic carboxylic acids is 3. The second-order valence-corrected chi connectivity index (χ2v) is 9.93. The van der Waals surface area contributed by atoms with Gasteiger partial charge in [0.25, 0.3) is 5.88 Å². The van der Waals surface area contributed by atoms with Crippen molar-refractivity contribution in [2.24, 2.45) is 0 Å². The van der Waals surface area contributed by atoms with E-state index in [2.05, 4.69) is 20.2 Å². The number of pyridine rings is 1. The summed E-state index contributed by atoms with van der Waals surface area (Å²) >= 11 is 1.70. The molecule has 0 saturated carbocycles. The molecule has 2 aliphatic heterocycles. The first kappa shape index (κ1) is 39.2. The van der Waals surface area contributed by atoms with Gasteiger partial charge in [-0.15, -0.1) is 11.3 Å². The lowest BCUT2D eigenvalue weighted by molar-refractivity contribution is -0.193. The van der Waals surface area contributed by atoms with Crippen molar-refractivity contribution in [2.45, 2.75) is 56.5 Å². The third-order valence-electron chi connectivity index (χ3n) is 5.23. The first-order valence-corrected chi connectivity index (χ1v) is 12.8. The first-order chi connectivity index (χ1) is 20.4. The molecule has 0 radical (unpaired) electrons. The Bertz CT molecular complexity index is 1220. The van der Waals surface area contributed by atoms with Crippen LogP contribution in [0.25, 0.3) is 0 Å². The Kier molecular flexibility index (Phi) is 13.9. The molecule has 2 aromatic rings. The van der Waals surface area contributed by atoms with Gasteiger partial charge in [0.15, 0.2) is 5.82 Å². The van der Waals surface area contributed by atoms with Crippen LogP contribution in [-0.2, 0) is 25.7 Å². The number of halogens is 10. The number of aromatic nitrogens is 2. The van der Waals surface area contributed by atoms with E-state index in [0.717, 1.165) is 43.2 Å². The van der Waals surface area contributed by atoms with Crippen LogP contribution in [0.4, 0.5) is 43.9 Å². The summed E-state index contributed by atoms with van der Waals surface area (Å²) in [5.74, 6) is -8.59. The molecule has 1 atom stereocenters. The molecule has 1 unspecified atom stereocenters. The van der Waals surface area contributed by atoms with Gasteiger partial charge in [-0.1, -0.05) is 0 Å². The van der Waals surface area contributed by atoms with Crippen molar-refractivity contribution in [3.8, 4) is 5.88 Å². The van der Waals surface area contributed by atoms with Crippen LogP contribution in [0.3, 0.4) is 0 Å². The molecule has 254 valence electrons. The second kappa shape index (κ2) is 16.0. The molecule has 2 aliphatic rings. The number of rotatable bonds is 4. The van der Waals surface area contributed by atoms with Crippen molar-refractivity contribution < 1.29 is 83.1 Å². The molecule has 2 fully saturated rings. The number of hydrogen-bond donors (Lipinski definition) is 3. The van der Waals surface area contributed by atoms with Gasteiger partial charge in [0.05, 0.1) is 18.8 Å². The van der Waals surface area contributed by atoms with Gasteiger partial charge < -0.3 is 24.8 Å². The highest BCUT2D eigenvalue weighted by atomic mass is 32.1. The van der Waals surface area contributed by atoms with Crippen molar-refractivity contribution in [1.82, 2.24) is 14.9 Å². The van der Waals surface area contributed by atoms with Crippen LogP contribution in [0, 0.1) is 12.7 Å². The molecule has 22 heteroatoms. The average Bonchev–Trinajstić information content (AvgIpc) is 3.28. The van der Waals surface area contributed by atoms with Crippen molar-refractivity contribution in [3.63, 3.8) is 0 Å². The predicted molar refractivity (Wildman–Crippen MR) is 130 cm³/mol. The van der Waals surface area contributed by atoms with E-state index < -0.39 is 42.3 Å². The molecule has 4 heterocycles. The lowest BCUT2D eigenvalue weighted by Crippen LogP contribution is -2.65. The van der Waals surface area contributed by atoms with Gasteiger partial charge in [0, 0.05) is 43.2 Å². The number of likely N-dealkylation sites (tertiary alicyclic amines) is 1. The summed E-state index contributed by atoms with van der Waals surface area (Å²) in [6, 6.07) is 2.94. The minimum Gasteiger partial charge on any atom is -0.475 e. The highest BCUT2D eigenvalue weighted by Crippen LogP contribution is 2.36. The lowest BCUT2D eigenvalue weighted by atomic mass is 9.84. The van der Waals surface area contributed by atoms with Crippen LogP contribution < -0.4 is 4.74 Å². The summed E-state index contributed by atoms with van der Waals surface area (Å²) in [6.07, 6.45) is -12.2. The van der Waals surface area contributed by atoms with Crippen LogP contribution in [0.1, 0.15) is 23.5 Å². The number of hydrogen-bond acceptors (Lipinski definition) is 9. The SMILES string of the molecule is Cc1csc(CN2CC3(CC(Oc4ncccc4F)CCO3)C2)n1.O=C(O)C(F)(F)F.O=C(O)C(F)(F)F.O=C(O)C(F)(F)F. The zero-order valence-corrected chi connectivity index (χ0v) is 23.4. The molecule has 2 aromatic heterocycles. The van der Waals surface area contributed by atoms with Crippen molar-refractivity contribution in [2.75, 3.05) is 19.7 Å². The van der Waals surface area contributed by atoms with Gasteiger partial charge in [-0.05, 0) is 19.1 Å². The van der Waals surface area contributed by atoms with Crippen molar-refractivity contribution in [1.29, 1.82) is 0 Å². The van der Waals surface area contributed by atoms with Crippen LogP contribution in [0.2, 0.25) is 0 Å². The van der Waals surface area contributed by atoms with Gasteiger partial charge in [-0.3, -0.25) is 4.90 Å². The van der Waals surface area contributed by atoms with E-state index in [4.69, 9.17) is 39.2 Å². The van der Waals surface area contributed by atoms with E-state index in [1.807, 2.05) is 6.92 Å². The first-order valence-electron chi connectivity index (χ1n) is 11.9. The fraction of sp³-hybridized carbons (Fsp3) is 0.522. The minimum absolute atomic E-state index is 0.0487. The van der Waals surface area contributed by atoms with E-state index in [-0.39, 0.29) is 17.6 Å². The molecule has 0 aliphatic carbocycles. The monoisotopic (exact) mass is 691 g/mol. The number of alkyl halides is 9. The van der Waals surface area contributed by atoms with Crippen molar-refractivity contribution >= 4 is 29.2 Å². The number of ether oxygens (including phenoxy) is 2. The summed E-state index contributed by atoms with van der Waals surface area (Å²) in [6.45, 7) is 5.26. The van der Waals surface area contributed by atoms with Crippen molar-refractivity contribution in [3.05, 3.63) is 40.2 Å². The van der Waals surface area contributed by atoms with E-state index in [9.17, 15) is 43.9 Å². The van der Waals surface area contributed by atoms with Crippen LogP contribution in [0.5, 0.6) is 5.88 Å². The van der Waals surface area contributed by atoms with Gasteiger partial charge >= 0.3 is 36.4 Å². The molecular weight excluding hydrogens is 668 g/mol. The quantitative estimate of drug-likeness (QED) is 0.382. The third kappa shape index (κ3) is 14.2.